The van der Waals surface area contributed by atoms with Gasteiger partial charge < -0.3 is 0 Å². The van der Waals surface area contributed by atoms with Gasteiger partial charge in [0.15, 0.2) is 0 Å². The summed E-state index contributed by atoms with van der Waals surface area (Å²) in [4.78, 5) is 0. The molecule has 9 rings (SSSR count). The molecule has 1 aliphatic carbocycles. The summed E-state index contributed by atoms with van der Waals surface area (Å²) in [6.45, 7) is 0. The first-order valence-electron chi connectivity index (χ1n) is 15.1. The van der Waals surface area contributed by atoms with E-state index in [1.54, 1.807) is 0 Å². The summed E-state index contributed by atoms with van der Waals surface area (Å²) in [7, 11) is 0. The molecule has 200 valence electrons. The van der Waals surface area contributed by atoms with E-state index in [4.69, 9.17) is 0 Å². The molecule has 8 aromatic carbocycles. The molecular weight excluding hydrogens is 516 g/mol. The highest BCUT2D eigenvalue weighted by Gasteiger charge is 2.22. The lowest BCUT2D eigenvalue weighted by Crippen LogP contribution is -1.92. The maximum atomic E-state index is 2.41. The molecule has 0 fully saturated rings. The molecule has 0 saturated heterocycles. The van der Waals surface area contributed by atoms with Gasteiger partial charge in [-0.3, -0.25) is 0 Å². The average molecular weight is 545 g/mol. The van der Waals surface area contributed by atoms with Gasteiger partial charge in [0.2, 0.25) is 0 Å². The molecule has 0 bridgehead atoms. The SMILES string of the molecule is c1cc(-c2cccc3c2Cc2ccccc2-3)cc(-c2c3ccccc3c(-c3cccc4ccccc34)c3ccccc23)c1. The lowest BCUT2D eigenvalue weighted by Gasteiger charge is -2.19. The average Bonchev–Trinajstić information content (AvgIpc) is 3.46. The molecule has 0 unspecified atom stereocenters. The van der Waals surface area contributed by atoms with Crippen molar-refractivity contribution in [2.45, 2.75) is 6.42 Å². The van der Waals surface area contributed by atoms with E-state index in [0.717, 1.165) is 6.42 Å². The Morgan fingerprint density at radius 3 is 1.63 bits per heavy atom. The zero-order valence-corrected chi connectivity index (χ0v) is 23.7. The molecule has 0 N–H and O–H groups in total. The first-order valence-corrected chi connectivity index (χ1v) is 15.1. The summed E-state index contributed by atoms with van der Waals surface area (Å²) >= 11 is 0. The highest BCUT2D eigenvalue weighted by Crippen LogP contribution is 2.46. The normalized spacial score (nSPS) is 12.1. The van der Waals surface area contributed by atoms with Gasteiger partial charge in [0, 0.05) is 0 Å². The minimum atomic E-state index is 0.984. The van der Waals surface area contributed by atoms with Crippen molar-refractivity contribution in [1.82, 2.24) is 0 Å². The molecule has 0 atom stereocenters. The Bertz CT molecular complexity index is 2310. The van der Waals surface area contributed by atoms with Gasteiger partial charge in [-0.1, -0.05) is 152 Å². The molecule has 8 aromatic rings. The molecule has 0 amide bonds. The van der Waals surface area contributed by atoms with Gasteiger partial charge in [0.1, 0.15) is 0 Å². The van der Waals surface area contributed by atoms with E-state index in [1.807, 2.05) is 0 Å². The molecule has 0 spiro atoms. The van der Waals surface area contributed by atoms with Gasteiger partial charge in [-0.25, -0.2) is 0 Å². The summed E-state index contributed by atoms with van der Waals surface area (Å²) in [5, 5.41) is 7.69. The van der Waals surface area contributed by atoms with E-state index in [-0.39, 0.29) is 0 Å². The number of fused-ring (bicyclic) bond motifs is 6. The van der Waals surface area contributed by atoms with Gasteiger partial charge in [0.25, 0.3) is 0 Å². The monoisotopic (exact) mass is 544 g/mol. The van der Waals surface area contributed by atoms with E-state index in [1.165, 1.54) is 88.0 Å². The third kappa shape index (κ3) is 3.70. The largest absolute Gasteiger partial charge is 0.0619 e. The molecule has 0 aliphatic heterocycles. The number of rotatable bonds is 3. The molecule has 0 nitrogen and oxygen atoms in total. The van der Waals surface area contributed by atoms with Gasteiger partial charge in [-0.05, 0) is 100 Å². The van der Waals surface area contributed by atoms with Crippen LogP contribution in [0, 0.1) is 0 Å². The quantitative estimate of drug-likeness (QED) is 0.194. The maximum Gasteiger partial charge on any atom is -0.000729 e. The van der Waals surface area contributed by atoms with Gasteiger partial charge in [-0.2, -0.15) is 0 Å². The van der Waals surface area contributed by atoms with Gasteiger partial charge in [0.05, 0.1) is 0 Å². The molecular formula is C43H28. The van der Waals surface area contributed by atoms with Crippen LogP contribution in [0.1, 0.15) is 11.1 Å². The second-order valence-corrected chi connectivity index (χ2v) is 11.6. The lowest BCUT2D eigenvalue weighted by atomic mass is 9.84. The maximum absolute atomic E-state index is 2.41. The van der Waals surface area contributed by atoms with E-state index >= 15 is 0 Å². The van der Waals surface area contributed by atoms with Crippen molar-refractivity contribution < 1.29 is 0 Å². The molecule has 0 radical (unpaired) electrons. The zero-order chi connectivity index (χ0) is 28.3. The van der Waals surface area contributed by atoms with E-state index in [2.05, 4.69) is 158 Å². The predicted octanol–water partition coefficient (Wildman–Crippen LogP) is 11.7. The Balaban J connectivity index is 1.30. The Labute approximate surface area is 251 Å². The van der Waals surface area contributed by atoms with Crippen LogP contribution in [0.15, 0.2) is 158 Å². The van der Waals surface area contributed by atoms with Crippen molar-refractivity contribution in [3.63, 3.8) is 0 Å². The molecule has 0 heteroatoms. The van der Waals surface area contributed by atoms with Crippen molar-refractivity contribution in [3.05, 3.63) is 169 Å². The van der Waals surface area contributed by atoms with Gasteiger partial charge >= 0.3 is 0 Å². The summed E-state index contributed by atoms with van der Waals surface area (Å²) < 4.78 is 0. The van der Waals surface area contributed by atoms with Crippen molar-refractivity contribution >= 4 is 32.3 Å². The first kappa shape index (κ1) is 24.2. The summed E-state index contributed by atoms with van der Waals surface area (Å²) in [6.07, 6.45) is 0.984. The smallest absolute Gasteiger partial charge is 0.000729 e. The van der Waals surface area contributed by atoms with E-state index in [0.29, 0.717) is 0 Å². The third-order valence-electron chi connectivity index (χ3n) is 9.30. The van der Waals surface area contributed by atoms with Crippen LogP contribution in [0.25, 0.3) is 76.8 Å². The van der Waals surface area contributed by atoms with Crippen molar-refractivity contribution in [2.75, 3.05) is 0 Å². The zero-order valence-electron chi connectivity index (χ0n) is 23.7. The van der Waals surface area contributed by atoms with Crippen LogP contribution >= 0.6 is 0 Å². The van der Waals surface area contributed by atoms with Crippen molar-refractivity contribution in [2.24, 2.45) is 0 Å². The molecule has 43 heavy (non-hydrogen) atoms. The topological polar surface area (TPSA) is 0 Å². The summed E-state index contributed by atoms with van der Waals surface area (Å²) in [5.41, 5.74) is 13.3. The Morgan fingerprint density at radius 2 is 0.837 bits per heavy atom. The fraction of sp³-hybridized carbons (Fsp3) is 0.0233. The lowest BCUT2D eigenvalue weighted by molar-refractivity contribution is 1.26. The molecule has 0 saturated carbocycles. The van der Waals surface area contributed by atoms with E-state index in [9.17, 15) is 0 Å². The third-order valence-corrected chi connectivity index (χ3v) is 9.30. The van der Waals surface area contributed by atoms with Crippen LogP contribution in [0.4, 0.5) is 0 Å². The first-order chi connectivity index (χ1) is 21.3. The summed E-state index contributed by atoms with van der Waals surface area (Å²) in [5.74, 6) is 0. The Kier molecular flexibility index (Phi) is 5.36. The highest BCUT2D eigenvalue weighted by molar-refractivity contribution is 6.23. The molecule has 1 aliphatic rings. The molecule has 0 heterocycles. The second-order valence-electron chi connectivity index (χ2n) is 11.6. The van der Waals surface area contributed by atoms with Crippen LogP contribution < -0.4 is 0 Å². The fourth-order valence-corrected chi connectivity index (χ4v) is 7.44. The second kappa shape index (κ2) is 9.54. The Hall–Kier alpha value is -5.46. The number of hydrogen-bond acceptors (Lipinski definition) is 0. The van der Waals surface area contributed by atoms with E-state index < -0.39 is 0 Å². The van der Waals surface area contributed by atoms with Crippen LogP contribution in [-0.2, 0) is 6.42 Å². The van der Waals surface area contributed by atoms with Crippen molar-refractivity contribution in [1.29, 1.82) is 0 Å². The van der Waals surface area contributed by atoms with Crippen LogP contribution in [0.2, 0.25) is 0 Å². The molecule has 0 aromatic heterocycles. The van der Waals surface area contributed by atoms with Crippen LogP contribution in [0.5, 0.6) is 0 Å². The van der Waals surface area contributed by atoms with Crippen LogP contribution in [-0.4, -0.2) is 0 Å². The number of hydrogen-bond donors (Lipinski definition) is 0. The van der Waals surface area contributed by atoms with Crippen molar-refractivity contribution in [3.8, 4) is 44.5 Å². The highest BCUT2D eigenvalue weighted by atomic mass is 14.3. The Morgan fingerprint density at radius 1 is 0.326 bits per heavy atom. The van der Waals surface area contributed by atoms with Gasteiger partial charge in [-0.15, -0.1) is 0 Å². The standard InChI is InChI=1S/C43H28/c1-3-17-32-28(12-1)14-10-25-36(32)43-39-21-7-5-19-37(39)42(38-20-6-8-22-40(38)43)31-16-9-15-29(26-31)34-23-11-24-35-33-18-4-2-13-30(33)27-41(34)35/h1-26H,27H2. The van der Waals surface area contributed by atoms with Crippen LogP contribution in [0.3, 0.4) is 0 Å². The number of benzene rings is 8. The fourth-order valence-electron chi connectivity index (χ4n) is 7.44. The summed E-state index contributed by atoms with van der Waals surface area (Å²) in [6, 6.07) is 58.2. The minimum Gasteiger partial charge on any atom is -0.0619 e. The predicted molar refractivity (Wildman–Crippen MR) is 184 cm³/mol. The minimum absolute atomic E-state index is 0.984.